The molecule has 0 aliphatic heterocycles. The van der Waals surface area contributed by atoms with E-state index in [9.17, 15) is 44.1 Å². The highest BCUT2D eigenvalue weighted by Crippen LogP contribution is 2.39. The number of benzene rings is 5. The van der Waals surface area contributed by atoms with Crippen molar-refractivity contribution in [2.75, 3.05) is 21.7 Å². The predicted octanol–water partition coefficient (Wildman–Crippen LogP) is 14.5. The lowest BCUT2D eigenvalue weighted by Gasteiger charge is -2.24. The number of hydrogen-bond donors (Lipinski definition) is 4. The lowest BCUT2D eigenvalue weighted by atomic mass is 9.82. The van der Waals surface area contributed by atoms with E-state index in [4.69, 9.17) is 34.8 Å². The maximum atomic E-state index is 13.5. The molecule has 1 fully saturated rings. The van der Waals surface area contributed by atoms with Crippen LogP contribution in [0.15, 0.2) is 162 Å². The van der Waals surface area contributed by atoms with Crippen LogP contribution in [0.2, 0.25) is 15.1 Å². The summed E-state index contributed by atoms with van der Waals surface area (Å²) in [6, 6.07) is 41.3. The number of amides is 3. The molecule has 2 aliphatic rings. The maximum absolute atomic E-state index is 13.5. The van der Waals surface area contributed by atoms with Crippen molar-refractivity contribution in [2.24, 2.45) is 23.7 Å². The minimum atomic E-state index is -0.994. The molecule has 8 aromatic rings. The van der Waals surface area contributed by atoms with Crippen LogP contribution in [0, 0.1) is 23.7 Å². The van der Waals surface area contributed by atoms with Crippen molar-refractivity contribution in [3.8, 4) is 33.8 Å². The maximum Gasteiger partial charge on any atom is 0.307 e. The summed E-state index contributed by atoms with van der Waals surface area (Å²) in [7, 11) is 0. The minimum absolute atomic E-state index is 0.0785. The topological polar surface area (TPSA) is 220 Å². The average molecular weight is 1230 g/mol. The van der Waals surface area contributed by atoms with Crippen molar-refractivity contribution in [2.45, 2.75) is 64.3 Å². The van der Waals surface area contributed by atoms with Crippen LogP contribution in [0.25, 0.3) is 33.8 Å². The van der Waals surface area contributed by atoms with Crippen LogP contribution in [-0.4, -0.2) is 78.5 Å². The van der Waals surface area contributed by atoms with Gasteiger partial charge in [-0.15, -0.1) is 34.0 Å². The molecular weight excluding hydrogens is 1180 g/mol. The quantitative estimate of drug-likeness (QED) is 0.0524. The fraction of sp³-hybridized carbons (Fsp3) is 0.242. The second-order valence-electron chi connectivity index (χ2n) is 19.5. The van der Waals surface area contributed by atoms with Crippen LogP contribution < -0.4 is 15.1 Å². The van der Waals surface area contributed by atoms with Crippen molar-refractivity contribution >= 4 is 120 Å². The number of nitrogens with zero attached hydrogens (tertiary/aromatic N) is 5. The SMILES string of the molecule is CCN(C(=O)[C@@H](CC(=O)O)Cc1ccccc1)c1nc(-c2ccccc2Cl)cs1.O=C(O)C[C@@H](Cc1ccccc1)C(=O)N(c1nc(-c2ccccc2Cl)cs1)C1CC1.O=C(O)[C@H]1CC=CC[C@H]1C(=O)Nc1nc(-c2ccccc2Cl)cs1. The number of carboxylic acid groups (broad SMARTS) is 3. The van der Waals surface area contributed by atoms with Crippen LogP contribution in [0.3, 0.4) is 0 Å². The van der Waals surface area contributed by atoms with Crippen molar-refractivity contribution in [3.63, 3.8) is 0 Å². The van der Waals surface area contributed by atoms with Gasteiger partial charge in [-0.25, -0.2) is 15.0 Å². The van der Waals surface area contributed by atoms with E-state index in [1.165, 1.54) is 34.0 Å². The molecule has 428 valence electrons. The first-order chi connectivity index (χ1) is 40.1. The molecule has 2 aliphatic carbocycles. The van der Waals surface area contributed by atoms with E-state index >= 15 is 0 Å². The van der Waals surface area contributed by atoms with Crippen LogP contribution in [0.1, 0.15) is 56.6 Å². The summed E-state index contributed by atoms with van der Waals surface area (Å²) < 4.78 is 0. The largest absolute Gasteiger partial charge is 0.481 e. The van der Waals surface area contributed by atoms with Gasteiger partial charge in [-0.1, -0.05) is 162 Å². The molecule has 5 aromatic carbocycles. The van der Waals surface area contributed by atoms with Crippen molar-refractivity contribution in [3.05, 3.63) is 188 Å². The van der Waals surface area contributed by atoms with Gasteiger partial charge in [-0.2, -0.15) is 0 Å². The van der Waals surface area contributed by atoms with Gasteiger partial charge in [0.25, 0.3) is 0 Å². The van der Waals surface area contributed by atoms with E-state index in [1.54, 1.807) is 21.9 Å². The number of carboxylic acids is 3. The highest BCUT2D eigenvalue weighted by molar-refractivity contribution is 7.14. The van der Waals surface area contributed by atoms with Crippen LogP contribution >= 0.6 is 68.8 Å². The van der Waals surface area contributed by atoms with Gasteiger partial charge >= 0.3 is 17.9 Å². The molecule has 10 rings (SSSR count). The van der Waals surface area contributed by atoms with Crippen molar-refractivity contribution in [1.29, 1.82) is 0 Å². The zero-order valence-electron chi connectivity index (χ0n) is 44.7. The molecule has 3 amide bonds. The molecule has 0 bridgehead atoms. The van der Waals surface area contributed by atoms with Gasteiger partial charge in [-0.3, -0.25) is 38.6 Å². The number of carbonyl (C=O) groups excluding carboxylic acids is 3. The second kappa shape index (κ2) is 29.6. The first kappa shape index (κ1) is 61.5. The zero-order valence-corrected chi connectivity index (χ0v) is 49.4. The summed E-state index contributed by atoms with van der Waals surface area (Å²) in [6.07, 6.45) is 6.56. The third-order valence-electron chi connectivity index (χ3n) is 13.6. The Balaban J connectivity index is 0.000000164. The van der Waals surface area contributed by atoms with Crippen molar-refractivity contribution < 1.29 is 44.1 Å². The summed E-state index contributed by atoms with van der Waals surface area (Å²) in [5.41, 5.74) is 6.38. The molecule has 1 saturated carbocycles. The number of allylic oxidation sites excluding steroid dienone is 2. The summed E-state index contributed by atoms with van der Waals surface area (Å²) in [6.45, 7) is 2.26. The first-order valence-corrected chi connectivity index (χ1v) is 30.3. The number of aliphatic carboxylic acids is 3. The van der Waals surface area contributed by atoms with E-state index in [1.807, 2.05) is 157 Å². The van der Waals surface area contributed by atoms with Gasteiger partial charge in [0, 0.05) is 60.5 Å². The number of halogens is 3. The Kier molecular flexibility index (Phi) is 21.9. The zero-order chi connectivity index (χ0) is 59.0. The predicted molar refractivity (Wildman–Crippen MR) is 330 cm³/mol. The molecule has 21 heteroatoms. The van der Waals surface area contributed by atoms with Gasteiger partial charge in [0.05, 0.1) is 53.6 Å². The fourth-order valence-electron chi connectivity index (χ4n) is 9.33. The summed E-state index contributed by atoms with van der Waals surface area (Å²) in [5, 5.41) is 39.6. The number of anilines is 3. The molecule has 4 atom stereocenters. The Bertz CT molecular complexity index is 3580. The Morgan fingerprint density at radius 3 is 1.43 bits per heavy atom. The van der Waals surface area contributed by atoms with Gasteiger partial charge in [0.15, 0.2) is 15.4 Å². The smallest absolute Gasteiger partial charge is 0.307 e. The molecule has 3 heterocycles. The monoisotopic (exact) mass is 1230 g/mol. The molecule has 15 nitrogen and oxygen atoms in total. The number of rotatable bonds is 20. The Labute approximate surface area is 506 Å². The number of hydrogen-bond acceptors (Lipinski definition) is 12. The highest BCUT2D eigenvalue weighted by atomic mass is 35.5. The Hall–Kier alpha value is -7.58. The number of carbonyl (C=O) groups is 6. The summed E-state index contributed by atoms with van der Waals surface area (Å²) >= 11 is 22.7. The van der Waals surface area contributed by atoms with Gasteiger partial charge in [-0.05, 0) is 74.8 Å². The molecule has 0 unspecified atom stereocenters. The molecule has 3 aromatic heterocycles. The minimum Gasteiger partial charge on any atom is -0.481 e. The van der Waals surface area contributed by atoms with Crippen LogP contribution in [-0.2, 0) is 41.6 Å². The highest BCUT2D eigenvalue weighted by Gasteiger charge is 2.40. The second-order valence-corrected chi connectivity index (χ2v) is 23.2. The normalized spacial score (nSPS) is 15.0. The molecule has 0 saturated heterocycles. The molecule has 0 radical (unpaired) electrons. The van der Waals surface area contributed by atoms with E-state index in [-0.39, 0.29) is 36.6 Å². The lowest BCUT2D eigenvalue weighted by molar-refractivity contribution is -0.146. The number of nitrogens with one attached hydrogen (secondary N) is 1. The lowest BCUT2D eigenvalue weighted by Crippen LogP contribution is -2.39. The van der Waals surface area contributed by atoms with E-state index < -0.39 is 41.6 Å². The Morgan fingerprint density at radius 1 is 0.554 bits per heavy atom. The summed E-state index contributed by atoms with van der Waals surface area (Å²) in [5.74, 6) is -6.23. The first-order valence-electron chi connectivity index (χ1n) is 26.5. The van der Waals surface area contributed by atoms with Gasteiger partial charge in [0.1, 0.15) is 0 Å². The van der Waals surface area contributed by atoms with Gasteiger partial charge < -0.3 is 20.6 Å². The van der Waals surface area contributed by atoms with Crippen molar-refractivity contribution in [1.82, 2.24) is 15.0 Å². The number of aromatic nitrogens is 3. The van der Waals surface area contributed by atoms with E-state index in [0.29, 0.717) is 74.1 Å². The third-order valence-corrected chi connectivity index (χ3v) is 17.1. The molecule has 4 N–H and O–H groups in total. The molecule has 0 spiro atoms. The van der Waals surface area contributed by atoms with E-state index in [2.05, 4.69) is 20.3 Å². The summed E-state index contributed by atoms with van der Waals surface area (Å²) in [4.78, 5) is 90.2. The molecular formula is C62H57Cl3N6O9S3. The Morgan fingerprint density at radius 2 is 0.976 bits per heavy atom. The van der Waals surface area contributed by atoms with Crippen LogP contribution in [0.4, 0.5) is 15.4 Å². The third kappa shape index (κ3) is 16.8. The standard InChI is InChI=1S/C23H21ClN2O3S.C22H21ClN2O3S.C17H15ClN2O3S/c24-19-9-5-4-8-18(19)20-14-30-23(25-20)26(17-10-11-17)22(29)16(13-21(27)28)12-15-6-2-1-3-7-15;1-2-25(22-24-19(14-29-22)17-10-6-7-11-18(17)23)21(28)16(13-20(26)27)12-15-8-4-3-5-9-15;18-13-8-4-3-7-12(13)14-9-24-17(19-14)20-15(21)10-5-1-2-6-11(10)16(22)23/h1-9,14,16-17H,10-13H2,(H,27,28);3-11,14,16H,2,12-13H2,1H3,(H,26,27);1-4,7-11H,5-6H2,(H,22,23)(H,19,20,21)/t2*16-;10-,11+/m111/s1. The van der Waals surface area contributed by atoms with Crippen LogP contribution in [0.5, 0.6) is 0 Å². The fourth-order valence-corrected chi connectivity index (χ4v) is 12.5. The van der Waals surface area contributed by atoms with E-state index in [0.717, 1.165) is 46.4 Å². The number of thiazole rings is 3. The molecule has 83 heavy (non-hydrogen) atoms. The van der Waals surface area contributed by atoms with Gasteiger partial charge in [0.2, 0.25) is 17.7 Å². The average Bonchev–Trinajstić information content (AvgIpc) is 4.01.